The van der Waals surface area contributed by atoms with Crippen LogP contribution in [0.3, 0.4) is 0 Å². The monoisotopic (exact) mass is 231 g/mol. The van der Waals surface area contributed by atoms with E-state index in [-0.39, 0.29) is 12.4 Å². The van der Waals surface area contributed by atoms with Gasteiger partial charge in [-0.15, -0.1) is 12.4 Å². The van der Waals surface area contributed by atoms with Crippen LogP contribution in [0.25, 0.3) is 0 Å². The highest BCUT2D eigenvalue weighted by atomic mass is 35.5. The maximum atomic E-state index is 5.84. The van der Waals surface area contributed by atoms with Crippen molar-refractivity contribution in [3.05, 3.63) is 11.7 Å². The molecule has 0 radical (unpaired) electrons. The number of nitrogens with two attached hydrogens (primary N) is 1. The van der Waals surface area contributed by atoms with E-state index < -0.39 is 0 Å². The van der Waals surface area contributed by atoms with E-state index >= 15 is 0 Å². The fraction of sp³-hybridized carbons (Fsp3) is 0.800. The molecular weight excluding hydrogens is 214 g/mol. The molecule has 1 aromatic heterocycles. The van der Waals surface area contributed by atoms with Gasteiger partial charge in [-0.25, -0.2) is 0 Å². The average Bonchev–Trinajstić information content (AvgIpc) is 2.67. The summed E-state index contributed by atoms with van der Waals surface area (Å²) in [7, 11) is 0. The third kappa shape index (κ3) is 2.92. The Hall–Kier alpha value is -0.610. The van der Waals surface area contributed by atoms with Gasteiger partial charge in [-0.3, -0.25) is 0 Å². The molecule has 0 spiro atoms. The van der Waals surface area contributed by atoms with Crippen LogP contribution < -0.4 is 5.73 Å². The molecule has 2 rings (SSSR count). The molecule has 1 heterocycles. The number of rotatable bonds is 2. The van der Waals surface area contributed by atoms with Crippen LogP contribution in [-0.4, -0.2) is 16.2 Å². The molecule has 0 amide bonds. The molecule has 0 saturated heterocycles. The summed E-state index contributed by atoms with van der Waals surface area (Å²) in [6.07, 6.45) is 5.18. The van der Waals surface area contributed by atoms with E-state index in [1.54, 1.807) is 0 Å². The fourth-order valence-corrected chi connectivity index (χ4v) is 1.94. The fourth-order valence-electron chi connectivity index (χ4n) is 1.94. The van der Waals surface area contributed by atoms with Crippen molar-refractivity contribution in [2.45, 2.75) is 51.0 Å². The number of hydrogen-bond donors (Lipinski definition) is 1. The Morgan fingerprint density at radius 3 is 2.53 bits per heavy atom. The van der Waals surface area contributed by atoms with E-state index in [1.807, 2.05) is 6.92 Å². The normalized spacial score (nSPS) is 26.0. The lowest BCUT2D eigenvalue weighted by molar-refractivity contribution is 0.300. The highest BCUT2D eigenvalue weighted by Gasteiger charge is 2.24. The first kappa shape index (κ1) is 12.5. The Labute approximate surface area is 96.0 Å². The minimum Gasteiger partial charge on any atom is -0.339 e. The molecule has 15 heavy (non-hydrogen) atoms. The van der Waals surface area contributed by atoms with Crippen LogP contribution in [-0.2, 0) is 6.42 Å². The van der Waals surface area contributed by atoms with Crippen molar-refractivity contribution >= 4 is 12.4 Å². The molecular formula is C10H18ClN3O. The van der Waals surface area contributed by atoms with Gasteiger partial charge in [0.25, 0.3) is 0 Å². The van der Waals surface area contributed by atoms with Crippen LogP contribution in [0.2, 0.25) is 0 Å². The van der Waals surface area contributed by atoms with E-state index in [2.05, 4.69) is 10.1 Å². The largest absolute Gasteiger partial charge is 0.339 e. The Morgan fingerprint density at radius 1 is 1.33 bits per heavy atom. The van der Waals surface area contributed by atoms with Crippen molar-refractivity contribution in [3.63, 3.8) is 0 Å². The van der Waals surface area contributed by atoms with Crippen LogP contribution in [0, 0.1) is 0 Å². The van der Waals surface area contributed by atoms with Gasteiger partial charge >= 0.3 is 0 Å². The molecule has 0 aliphatic heterocycles. The van der Waals surface area contributed by atoms with E-state index in [1.165, 1.54) is 0 Å². The second kappa shape index (κ2) is 5.47. The highest BCUT2D eigenvalue weighted by molar-refractivity contribution is 5.85. The molecule has 0 atom stereocenters. The van der Waals surface area contributed by atoms with Gasteiger partial charge in [0.1, 0.15) is 0 Å². The predicted octanol–water partition coefficient (Wildman–Crippen LogP) is 2.04. The first-order chi connectivity index (χ1) is 6.79. The number of aryl methyl sites for hydroxylation is 1. The maximum Gasteiger partial charge on any atom is 0.229 e. The van der Waals surface area contributed by atoms with Gasteiger partial charge in [-0.2, -0.15) is 4.98 Å². The number of hydrogen-bond acceptors (Lipinski definition) is 4. The Balaban J connectivity index is 0.00000112. The van der Waals surface area contributed by atoms with Gasteiger partial charge in [-0.1, -0.05) is 12.1 Å². The van der Waals surface area contributed by atoms with Gasteiger partial charge in [0.05, 0.1) is 0 Å². The van der Waals surface area contributed by atoms with E-state index in [4.69, 9.17) is 10.3 Å². The molecule has 5 heteroatoms. The van der Waals surface area contributed by atoms with E-state index in [0.29, 0.717) is 12.0 Å². The van der Waals surface area contributed by atoms with Crippen molar-refractivity contribution in [1.82, 2.24) is 10.1 Å². The lowest BCUT2D eigenvalue weighted by Crippen LogP contribution is -2.25. The molecule has 1 aliphatic carbocycles. The Kier molecular flexibility index (Phi) is 4.54. The summed E-state index contributed by atoms with van der Waals surface area (Å²) in [4.78, 5) is 4.36. The average molecular weight is 232 g/mol. The molecule has 86 valence electrons. The van der Waals surface area contributed by atoms with Gasteiger partial charge < -0.3 is 10.3 Å². The smallest absolute Gasteiger partial charge is 0.229 e. The molecule has 1 aromatic rings. The van der Waals surface area contributed by atoms with E-state index in [9.17, 15) is 0 Å². The van der Waals surface area contributed by atoms with Crippen molar-refractivity contribution in [1.29, 1.82) is 0 Å². The van der Waals surface area contributed by atoms with Gasteiger partial charge in [0.2, 0.25) is 5.89 Å². The Bertz CT molecular complexity index is 295. The zero-order valence-electron chi connectivity index (χ0n) is 8.98. The SMILES string of the molecule is CCc1noc(C2CCC(N)CC2)n1.Cl. The van der Waals surface area contributed by atoms with Crippen LogP contribution in [0.1, 0.15) is 50.2 Å². The van der Waals surface area contributed by atoms with Gasteiger partial charge in [0.15, 0.2) is 5.82 Å². The summed E-state index contributed by atoms with van der Waals surface area (Å²) >= 11 is 0. The minimum absolute atomic E-state index is 0. The molecule has 1 fully saturated rings. The standard InChI is InChI=1S/C10H17N3O.ClH/c1-2-9-12-10(14-13-9)7-3-5-8(11)6-4-7;/h7-8H,2-6,11H2,1H3;1H. The van der Waals surface area contributed by atoms with Crippen molar-refractivity contribution in [2.24, 2.45) is 5.73 Å². The molecule has 2 N–H and O–H groups in total. The van der Waals surface area contributed by atoms with Gasteiger partial charge in [-0.05, 0) is 25.7 Å². The van der Waals surface area contributed by atoms with Crippen molar-refractivity contribution in [2.75, 3.05) is 0 Å². The van der Waals surface area contributed by atoms with Crippen LogP contribution >= 0.6 is 12.4 Å². The summed E-state index contributed by atoms with van der Waals surface area (Å²) < 4.78 is 5.23. The first-order valence-electron chi connectivity index (χ1n) is 5.37. The molecule has 0 aromatic carbocycles. The maximum absolute atomic E-state index is 5.84. The highest BCUT2D eigenvalue weighted by Crippen LogP contribution is 2.30. The number of aromatic nitrogens is 2. The zero-order valence-corrected chi connectivity index (χ0v) is 9.80. The molecule has 0 bridgehead atoms. The molecule has 1 saturated carbocycles. The quantitative estimate of drug-likeness (QED) is 0.846. The molecule has 0 unspecified atom stereocenters. The number of halogens is 1. The third-order valence-electron chi connectivity index (χ3n) is 2.92. The molecule has 4 nitrogen and oxygen atoms in total. The number of nitrogens with zero attached hydrogens (tertiary/aromatic N) is 2. The minimum atomic E-state index is 0. The predicted molar refractivity (Wildman–Crippen MR) is 60.1 cm³/mol. The lowest BCUT2D eigenvalue weighted by atomic mass is 9.86. The first-order valence-corrected chi connectivity index (χ1v) is 5.37. The van der Waals surface area contributed by atoms with Crippen molar-refractivity contribution < 1.29 is 4.52 Å². The second-order valence-electron chi connectivity index (χ2n) is 4.01. The van der Waals surface area contributed by atoms with Crippen molar-refractivity contribution in [3.8, 4) is 0 Å². The van der Waals surface area contributed by atoms with Crippen LogP contribution in [0.15, 0.2) is 4.52 Å². The summed E-state index contributed by atoms with van der Waals surface area (Å²) in [5.74, 6) is 2.08. The topological polar surface area (TPSA) is 64.9 Å². The zero-order chi connectivity index (χ0) is 9.97. The summed E-state index contributed by atoms with van der Waals surface area (Å²) in [5.41, 5.74) is 5.84. The summed E-state index contributed by atoms with van der Waals surface area (Å²) in [6.45, 7) is 2.03. The second-order valence-corrected chi connectivity index (χ2v) is 4.01. The summed E-state index contributed by atoms with van der Waals surface area (Å²) in [6, 6.07) is 0.375. The Morgan fingerprint density at radius 2 is 2.00 bits per heavy atom. The third-order valence-corrected chi connectivity index (χ3v) is 2.92. The van der Waals surface area contributed by atoms with Crippen LogP contribution in [0.5, 0.6) is 0 Å². The summed E-state index contributed by atoms with van der Waals surface area (Å²) in [5, 5.41) is 3.91. The van der Waals surface area contributed by atoms with Gasteiger partial charge in [0, 0.05) is 18.4 Å². The lowest BCUT2D eigenvalue weighted by Gasteiger charge is -2.22. The molecule has 1 aliphatic rings. The van der Waals surface area contributed by atoms with Crippen LogP contribution in [0.4, 0.5) is 0 Å². The van der Waals surface area contributed by atoms with E-state index in [0.717, 1.165) is 43.8 Å².